The minimum absolute atomic E-state index is 0. The smallest absolute Gasteiger partial charge is 0.326 e. The first-order chi connectivity index (χ1) is 18.8. The third kappa shape index (κ3) is 8.64. The van der Waals surface area contributed by atoms with Crippen LogP contribution >= 0.6 is 0 Å². The lowest BCUT2D eigenvalue weighted by Gasteiger charge is -2.23. The number of aromatic hydroxyl groups is 6. The van der Waals surface area contributed by atoms with Gasteiger partial charge in [-0.3, -0.25) is 9.59 Å². The van der Waals surface area contributed by atoms with Crippen molar-refractivity contribution >= 4 is 17.8 Å². The Bertz CT molecular complexity index is 1410. The Balaban J connectivity index is 0.00000588. The van der Waals surface area contributed by atoms with E-state index >= 15 is 0 Å². The Morgan fingerprint density at radius 3 is 1.34 bits per heavy atom. The number of carboxylic acid groups (broad SMARTS) is 1. The first kappa shape index (κ1) is 32.0. The highest BCUT2D eigenvalue weighted by Gasteiger charge is 2.29. The molecule has 3 aromatic carbocycles. The van der Waals surface area contributed by atoms with Crippen molar-refractivity contribution in [2.24, 2.45) is 5.73 Å². The highest BCUT2D eigenvalue weighted by molar-refractivity contribution is 5.92. The highest BCUT2D eigenvalue weighted by atomic mass is 16.4. The topological polar surface area (TPSA) is 274 Å². The molecule has 0 aliphatic heterocycles. The Hall–Kier alpha value is -5.21. The molecule has 2 amide bonds. The summed E-state index contributed by atoms with van der Waals surface area (Å²) in [4.78, 5) is 38.1. The van der Waals surface area contributed by atoms with Gasteiger partial charge in [0.2, 0.25) is 11.8 Å². The molecule has 0 spiro atoms. The van der Waals surface area contributed by atoms with Crippen molar-refractivity contribution in [1.82, 2.24) is 10.6 Å². The zero-order chi connectivity index (χ0) is 29.6. The molecule has 0 unspecified atom stereocenters. The van der Waals surface area contributed by atoms with Gasteiger partial charge in [0.05, 0.1) is 6.04 Å². The Labute approximate surface area is 233 Å². The normalized spacial score (nSPS) is 12.8. The summed E-state index contributed by atoms with van der Waals surface area (Å²) < 4.78 is 0. The maximum atomic E-state index is 13.2. The van der Waals surface area contributed by atoms with E-state index in [9.17, 15) is 50.1 Å². The molecule has 3 atom stereocenters. The van der Waals surface area contributed by atoms with Crippen LogP contribution in [-0.2, 0) is 33.6 Å². The largest absolute Gasteiger partial charge is 0.504 e. The molecule has 14 nitrogen and oxygen atoms in total. The fraction of sp³-hybridized carbons (Fsp3) is 0.222. The summed E-state index contributed by atoms with van der Waals surface area (Å²) in [6.45, 7) is 0. The van der Waals surface area contributed by atoms with E-state index in [1.807, 2.05) is 0 Å². The van der Waals surface area contributed by atoms with Gasteiger partial charge in [0.1, 0.15) is 12.1 Å². The summed E-state index contributed by atoms with van der Waals surface area (Å²) in [5.41, 5.74) is 7.04. The second-order valence-electron chi connectivity index (χ2n) is 9.15. The van der Waals surface area contributed by atoms with Crippen molar-refractivity contribution in [3.05, 3.63) is 71.3 Å². The maximum Gasteiger partial charge on any atom is 0.326 e. The van der Waals surface area contributed by atoms with Crippen LogP contribution in [0.4, 0.5) is 0 Å². The number of phenols is 6. The van der Waals surface area contributed by atoms with E-state index in [4.69, 9.17) is 5.73 Å². The number of hydrogen-bond donors (Lipinski definition) is 10. The Morgan fingerprint density at radius 1 is 0.585 bits per heavy atom. The molecule has 0 fully saturated rings. The lowest BCUT2D eigenvalue weighted by molar-refractivity contribution is -0.142. The summed E-state index contributed by atoms with van der Waals surface area (Å²) in [6.07, 6.45) is -0.556. The van der Waals surface area contributed by atoms with E-state index in [-0.39, 0.29) is 30.5 Å². The molecule has 0 saturated heterocycles. The number of aliphatic carboxylic acids is 1. The molecule has 0 saturated carbocycles. The first-order valence-corrected chi connectivity index (χ1v) is 12.0. The number of phenolic OH excluding ortho intramolecular Hbond substituents is 6. The van der Waals surface area contributed by atoms with Gasteiger partial charge >= 0.3 is 5.97 Å². The fourth-order valence-electron chi connectivity index (χ4n) is 3.87. The van der Waals surface area contributed by atoms with Gasteiger partial charge < -0.3 is 57.6 Å². The van der Waals surface area contributed by atoms with Gasteiger partial charge in [0, 0.05) is 12.8 Å². The Kier molecular flexibility index (Phi) is 10.7. The molecule has 0 radical (unpaired) electrons. The molecule has 13 N–H and O–H groups in total. The molecule has 41 heavy (non-hydrogen) atoms. The molecule has 3 aromatic rings. The third-order valence-electron chi connectivity index (χ3n) is 6.04. The average molecular weight is 574 g/mol. The number of rotatable bonds is 11. The van der Waals surface area contributed by atoms with Gasteiger partial charge in [0.15, 0.2) is 34.5 Å². The van der Waals surface area contributed by atoms with Gasteiger partial charge in [-0.1, -0.05) is 18.2 Å². The number of carbonyl (C=O) groups is 3. The second-order valence-corrected chi connectivity index (χ2v) is 9.15. The van der Waals surface area contributed by atoms with Crippen molar-refractivity contribution < 1.29 is 55.6 Å². The predicted molar refractivity (Wildman–Crippen MR) is 144 cm³/mol. The lowest BCUT2D eigenvalue weighted by Crippen LogP contribution is -2.55. The van der Waals surface area contributed by atoms with Crippen molar-refractivity contribution in [2.75, 3.05) is 0 Å². The monoisotopic (exact) mass is 573 g/mol. The minimum atomic E-state index is -1.49. The van der Waals surface area contributed by atoms with Crippen LogP contribution in [0.15, 0.2) is 54.6 Å². The molecule has 14 heteroatoms. The number of nitrogens with one attached hydrogen (secondary N) is 2. The predicted octanol–water partition coefficient (Wildman–Crippen LogP) is -0.495. The van der Waals surface area contributed by atoms with Crippen LogP contribution < -0.4 is 16.4 Å². The van der Waals surface area contributed by atoms with Gasteiger partial charge in [0.25, 0.3) is 0 Å². The van der Waals surface area contributed by atoms with Crippen LogP contribution in [0.2, 0.25) is 0 Å². The number of nitrogens with two attached hydrogens (primary N) is 1. The lowest BCUT2D eigenvalue weighted by atomic mass is 10.0. The summed E-state index contributed by atoms with van der Waals surface area (Å²) in [5, 5.41) is 72.3. The molecular weight excluding hydrogens is 542 g/mol. The van der Waals surface area contributed by atoms with Crippen molar-refractivity contribution in [3.8, 4) is 34.5 Å². The SMILES string of the molecule is N[C@@H](Cc1ccc(O)c(O)c1)C(=O)N[C@@H](Cc1ccc(O)c(O)c1)C(=O)N[C@@H](Cc1ccc(O)c(O)c1)C(=O)O.O. The quantitative estimate of drug-likeness (QED) is 0.131. The summed E-state index contributed by atoms with van der Waals surface area (Å²) in [5.74, 6) is -5.60. The molecule has 0 aliphatic carbocycles. The van der Waals surface area contributed by atoms with Crippen LogP contribution in [-0.4, -0.2) is 77.1 Å². The maximum absolute atomic E-state index is 13.2. The van der Waals surface area contributed by atoms with E-state index in [0.717, 1.165) is 6.07 Å². The molecule has 0 aliphatic rings. The third-order valence-corrected chi connectivity index (χ3v) is 6.04. The molecule has 0 bridgehead atoms. The first-order valence-electron chi connectivity index (χ1n) is 12.0. The second kappa shape index (κ2) is 13.7. The van der Waals surface area contributed by atoms with E-state index < -0.39 is 64.7 Å². The van der Waals surface area contributed by atoms with Gasteiger partial charge in [-0.2, -0.15) is 0 Å². The summed E-state index contributed by atoms with van der Waals surface area (Å²) >= 11 is 0. The number of benzene rings is 3. The standard InChI is InChI=1S/C27H29N3O10.H2O/c28-16(7-13-1-4-19(31)22(34)10-13)25(37)29-17(8-14-2-5-20(32)23(35)11-14)26(38)30-18(27(39)40)9-15-3-6-21(33)24(36)12-15;/h1-6,10-12,16-18,31-36H,7-9,28H2,(H,29,37)(H,30,38)(H,39,40);1H2/t16-,17-,18-;/m0./s1. The van der Waals surface area contributed by atoms with Crippen LogP contribution in [0, 0.1) is 0 Å². The van der Waals surface area contributed by atoms with Crippen molar-refractivity contribution in [1.29, 1.82) is 0 Å². The van der Waals surface area contributed by atoms with Gasteiger partial charge in [-0.15, -0.1) is 0 Å². The average Bonchev–Trinajstić information content (AvgIpc) is 2.89. The number of hydrogen-bond acceptors (Lipinski definition) is 10. The Morgan fingerprint density at radius 2 is 0.951 bits per heavy atom. The fourth-order valence-corrected chi connectivity index (χ4v) is 3.87. The van der Waals surface area contributed by atoms with Crippen LogP contribution in [0.5, 0.6) is 34.5 Å². The molecule has 0 aromatic heterocycles. The van der Waals surface area contributed by atoms with Crippen molar-refractivity contribution in [3.63, 3.8) is 0 Å². The van der Waals surface area contributed by atoms with E-state index in [2.05, 4.69) is 10.6 Å². The van der Waals surface area contributed by atoms with Gasteiger partial charge in [-0.05, 0) is 59.5 Å². The van der Waals surface area contributed by atoms with Crippen molar-refractivity contribution in [2.45, 2.75) is 37.4 Å². The summed E-state index contributed by atoms with van der Waals surface area (Å²) in [7, 11) is 0. The van der Waals surface area contributed by atoms with E-state index in [0.29, 0.717) is 16.7 Å². The molecule has 0 heterocycles. The van der Waals surface area contributed by atoms with E-state index in [1.54, 1.807) is 0 Å². The zero-order valence-electron chi connectivity index (χ0n) is 21.5. The number of carboxylic acids is 1. The molecular formula is C27H31N3O11. The van der Waals surface area contributed by atoms with Crippen LogP contribution in [0.1, 0.15) is 16.7 Å². The van der Waals surface area contributed by atoms with E-state index in [1.165, 1.54) is 48.5 Å². The zero-order valence-corrected chi connectivity index (χ0v) is 21.5. The number of amides is 2. The van der Waals surface area contributed by atoms with Gasteiger partial charge in [-0.25, -0.2) is 4.79 Å². The molecule has 220 valence electrons. The molecule has 3 rings (SSSR count). The number of carbonyl (C=O) groups excluding carboxylic acids is 2. The minimum Gasteiger partial charge on any atom is -0.504 e. The highest BCUT2D eigenvalue weighted by Crippen LogP contribution is 2.27. The van der Waals surface area contributed by atoms with Crippen LogP contribution in [0.25, 0.3) is 0 Å². The summed E-state index contributed by atoms with van der Waals surface area (Å²) in [6, 6.07) is 7.28. The van der Waals surface area contributed by atoms with Crippen LogP contribution in [0.3, 0.4) is 0 Å².